The fourth-order valence-electron chi connectivity index (χ4n) is 2.39. The molecule has 1 aromatic carbocycles. The van der Waals surface area contributed by atoms with Crippen molar-refractivity contribution in [3.05, 3.63) is 24.0 Å². The topological polar surface area (TPSA) is 58.4 Å². The van der Waals surface area contributed by atoms with Crippen molar-refractivity contribution in [3.63, 3.8) is 0 Å². The molecule has 4 nitrogen and oxygen atoms in total. The third-order valence-electron chi connectivity index (χ3n) is 3.35. The van der Waals surface area contributed by atoms with Gasteiger partial charge in [-0.05, 0) is 31.0 Å². The highest BCUT2D eigenvalue weighted by molar-refractivity contribution is 5.79. The van der Waals surface area contributed by atoms with Gasteiger partial charge in [0, 0.05) is 25.8 Å². The van der Waals surface area contributed by atoms with Crippen molar-refractivity contribution in [1.29, 1.82) is 0 Å². The van der Waals surface area contributed by atoms with Gasteiger partial charge in [-0.2, -0.15) is 0 Å². The number of halogens is 1. The van der Waals surface area contributed by atoms with E-state index >= 15 is 0 Å². The van der Waals surface area contributed by atoms with Crippen LogP contribution in [0.1, 0.15) is 12.8 Å². The molecule has 3 N–H and O–H groups in total. The van der Waals surface area contributed by atoms with E-state index in [-0.39, 0.29) is 17.6 Å². The average molecular weight is 251 g/mol. The third-order valence-corrected chi connectivity index (χ3v) is 3.35. The summed E-state index contributed by atoms with van der Waals surface area (Å²) in [5.74, 6) is -0.371. The fraction of sp³-hybridized carbons (Fsp3) is 0.462. The zero-order chi connectivity index (χ0) is 13.1. The summed E-state index contributed by atoms with van der Waals surface area (Å²) in [5, 5.41) is 2.65. The summed E-state index contributed by atoms with van der Waals surface area (Å²) in [6.45, 7) is 1.33. The van der Waals surface area contributed by atoms with Crippen LogP contribution in [-0.4, -0.2) is 26.0 Å². The first-order valence-corrected chi connectivity index (χ1v) is 6.13. The molecule has 1 fully saturated rings. The van der Waals surface area contributed by atoms with Crippen LogP contribution in [-0.2, 0) is 4.79 Å². The van der Waals surface area contributed by atoms with E-state index in [1.54, 1.807) is 19.2 Å². The summed E-state index contributed by atoms with van der Waals surface area (Å²) in [6.07, 6.45) is 1.74. The maximum Gasteiger partial charge on any atom is 0.224 e. The minimum absolute atomic E-state index is 0.0237. The lowest BCUT2D eigenvalue weighted by molar-refractivity contribution is -0.124. The number of amides is 1. The van der Waals surface area contributed by atoms with Crippen LogP contribution in [0.3, 0.4) is 0 Å². The number of nitrogens with two attached hydrogens (primary N) is 1. The van der Waals surface area contributed by atoms with Gasteiger partial charge in [-0.3, -0.25) is 4.79 Å². The van der Waals surface area contributed by atoms with Gasteiger partial charge in [-0.25, -0.2) is 4.39 Å². The molecule has 0 bridgehead atoms. The molecule has 0 saturated carbocycles. The van der Waals surface area contributed by atoms with E-state index in [9.17, 15) is 9.18 Å². The van der Waals surface area contributed by atoms with E-state index in [1.807, 2.05) is 4.90 Å². The zero-order valence-corrected chi connectivity index (χ0v) is 10.4. The maximum absolute atomic E-state index is 13.8. The van der Waals surface area contributed by atoms with Crippen molar-refractivity contribution in [1.82, 2.24) is 5.32 Å². The average Bonchev–Trinajstić information content (AvgIpc) is 2.38. The molecule has 0 radical (unpaired) electrons. The number of carbonyl (C=O) groups excluding carboxylic acids is 1. The summed E-state index contributed by atoms with van der Waals surface area (Å²) in [7, 11) is 1.63. The summed E-state index contributed by atoms with van der Waals surface area (Å²) < 4.78 is 13.8. The predicted molar refractivity (Wildman–Crippen MR) is 69.8 cm³/mol. The summed E-state index contributed by atoms with van der Waals surface area (Å²) in [4.78, 5) is 13.5. The molecule has 1 atom stereocenters. The van der Waals surface area contributed by atoms with Crippen molar-refractivity contribution >= 4 is 17.3 Å². The Labute approximate surface area is 106 Å². The highest BCUT2D eigenvalue weighted by atomic mass is 19.1. The van der Waals surface area contributed by atoms with E-state index in [0.717, 1.165) is 19.4 Å². The standard InChI is InChI=1S/C13H18FN3O/c1-16-13(18)9-3-2-6-17(8-9)12-5-4-10(15)7-11(12)14/h4-5,7,9H,2-3,6,8,15H2,1H3,(H,16,18). The van der Waals surface area contributed by atoms with Gasteiger partial charge in [0.05, 0.1) is 11.6 Å². The first-order chi connectivity index (χ1) is 8.61. The van der Waals surface area contributed by atoms with Crippen LogP contribution >= 0.6 is 0 Å². The molecule has 1 saturated heterocycles. The van der Waals surface area contributed by atoms with Gasteiger partial charge >= 0.3 is 0 Å². The van der Waals surface area contributed by atoms with Crippen LogP contribution in [0.5, 0.6) is 0 Å². The minimum atomic E-state index is -0.326. The Hall–Kier alpha value is -1.78. The van der Waals surface area contributed by atoms with Crippen LogP contribution in [0.2, 0.25) is 0 Å². The molecule has 1 heterocycles. The molecule has 98 valence electrons. The number of nitrogens with zero attached hydrogens (tertiary/aromatic N) is 1. The quantitative estimate of drug-likeness (QED) is 0.780. The van der Waals surface area contributed by atoms with Gasteiger partial charge in [0.2, 0.25) is 5.91 Å². The van der Waals surface area contributed by atoms with E-state index in [2.05, 4.69) is 5.32 Å². The zero-order valence-electron chi connectivity index (χ0n) is 10.4. The lowest BCUT2D eigenvalue weighted by atomic mass is 9.96. The van der Waals surface area contributed by atoms with Gasteiger partial charge in [0.25, 0.3) is 0 Å². The second-order valence-corrected chi connectivity index (χ2v) is 4.61. The molecular formula is C13H18FN3O. The van der Waals surface area contributed by atoms with Gasteiger partial charge < -0.3 is 16.0 Å². The number of nitrogen functional groups attached to an aromatic ring is 1. The van der Waals surface area contributed by atoms with Crippen LogP contribution in [0.25, 0.3) is 0 Å². The highest BCUT2D eigenvalue weighted by Crippen LogP contribution is 2.26. The van der Waals surface area contributed by atoms with Gasteiger partial charge in [-0.15, -0.1) is 0 Å². The highest BCUT2D eigenvalue weighted by Gasteiger charge is 2.26. The molecule has 1 aromatic rings. The summed E-state index contributed by atoms with van der Waals surface area (Å²) in [6, 6.07) is 4.68. The second-order valence-electron chi connectivity index (χ2n) is 4.61. The van der Waals surface area contributed by atoms with E-state index in [4.69, 9.17) is 5.73 Å². The number of hydrogen-bond acceptors (Lipinski definition) is 3. The molecule has 1 amide bonds. The molecular weight excluding hydrogens is 233 g/mol. The van der Waals surface area contributed by atoms with Gasteiger partial charge in [0.15, 0.2) is 0 Å². The van der Waals surface area contributed by atoms with Crippen LogP contribution in [0.15, 0.2) is 18.2 Å². The number of nitrogens with one attached hydrogen (secondary N) is 1. The summed E-state index contributed by atoms with van der Waals surface area (Å²) >= 11 is 0. The second kappa shape index (κ2) is 5.25. The number of rotatable bonds is 2. The SMILES string of the molecule is CNC(=O)C1CCCN(c2ccc(N)cc2F)C1. The first-order valence-electron chi connectivity index (χ1n) is 6.13. The maximum atomic E-state index is 13.8. The Bertz CT molecular complexity index is 450. The molecule has 18 heavy (non-hydrogen) atoms. The molecule has 0 aliphatic carbocycles. The Balaban J connectivity index is 2.15. The normalized spacial score (nSPS) is 19.7. The van der Waals surface area contributed by atoms with E-state index in [1.165, 1.54) is 6.07 Å². The predicted octanol–water partition coefficient (Wildman–Crippen LogP) is 1.37. The summed E-state index contributed by atoms with van der Waals surface area (Å²) in [5.41, 5.74) is 6.47. The molecule has 1 unspecified atom stereocenters. The van der Waals surface area contributed by atoms with Crippen molar-refractivity contribution in [2.75, 3.05) is 30.8 Å². The third kappa shape index (κ3) is 2.55. The lowest BCUT2D eigenvalue weighted by Crippen LogP contribution is -2.42. The van der Waals surface area contributed by atoms with Crippen molar-refractivity contribution in [2.45, 2.75) is 12.8 Å². The fourth-order valence-corrected chi connectivity index (χ4v) is 2.39. The van der Waals surface area contributed by atoms with Crippen LogP contribution in [0.4, 0.5) is 15.8 Å². The van der Waals surface area contributed by atoms with Gasteiger partial charge in [0.1, 0.15) is 5.82 Å². The Morgan fingerprint density at radius 2 is 2.33 bits per heavy atom. The molecule has 0 spiro atoms. The van der Waals surface area contributed by atoms with E-state index in [0.29, 0.717) is 17.9 Å². The Kier molecular flexibility index (Phi) is 3.69. The monoisotopic (exact) mass is 251 g/mol. The molecule has 5 heteroatoms. The smallest absolute Gasteiger partial charge is 0.224 e. The number of hydrogen-bond donors (Lipinski definition) is 2. The molecule has 1 aliphatic rings. The number of carbonyl (C=O) groups is 1. The van der Waals surface area contributed by atoms with E-state index < -0.39 is 0 Å². The number of anilines is 2. The Morgan fingerprint density at radius 3 is 3.00 bits per heavy atom. The first kappa shape index (κ1) is 12.7. The minimum Gasteiger partial charge on any atom is -0.399 e. The number of piperidine rings is 1. The molecule has 2 rings (SSSR count). The number of benzene rings is 1. The lowest BCUT2D eigenvalue weighted by Gasteiger charge is -2.33. The molecule has 0 aromatic heterocycles. The largest absolute Gasteiger partial charge is 0.399 e. The van der Waals surface area contributed by atoms with Crippen molar-refractivity contribution < 1.29 is 9.18 Å². The molecule has 1 aliphatic heterocycles. The Morgan fingerprint density at radius 1 is 1.56 bits per heavy atom. The van der Waals surface area contributed by atoms with Gasteiger partial charge in [-0.1, -0.05) is 0 Å². The van der Waals surface area contributed by atoms with Crippen molar-refractivity contribution in [2.24, 2.45) is 5.92 Å². The van der Waals surface area contributed by atoms with Crippen LogP contribution < -0.4 is 16.0 Å². The van der Waals surface area contributed by atoms with Crippen molar-refractivity contribution in [3.8, 4) is 0 Å². The van der Waals surface area contributed by atoms with Crippen LogP contribution in [0, 0.1) is 11.7 Å².